The van der Waals surface area contributed by atoms with Crippen LogP contribution in [0.15, 0.2) is 42.5 Å². The van der Waals surface area contributed by atoms with Crippen LogP contribution < -0.4 is 0 Å². The molecule has 0 heterocycles. The normalized spacial score (nSPS) is 11.6. The molecule has 19 heavy (non-hydrogen) atoms. The Bertz CT molecular complexity index is 590. The predicted molar refractivity (Wildman–Crippen MR) is 62.8 cm³/mol. The lowest BCUT2D eigenvalue weighted by Gasteiger charge is -2.12. The molecule has 0 aliphatic rings. The van der Waals surface area contributed by atoms with Crippen molar-refractivity contribution in [2.75, 3.05) is 0 Å². The molecule has 0 aromatic heterocycles. The topological polar surface area (TPSA) is 20.2 Å². The first-order valence-electron chi connectivity index (χ1n) is 5.49. The Balaban J connectivity index is 2.57. The molecule has 1 nitrogen and oxygen atoms in total. The maximum absolute atomic E-state index is 13.6. The lowest BCUT2D eigenvalue weighted by Crippen LogP contribution is -2.06. The molecule has 0 unspecified atom stereocenters. The maximum atomic E-state index is 13.6. The van der Waals surface area contributed by atoms with E-state index in [1.54, 1.807) is 6.07 Å². The molecule has 0 saturated heterocycles. The monoisotopic (exact) mass is 270 g/mol. The summed E-state index contributed by atoms with van der Waals surface area (Å²) < 4.78 is 51.3. The van der Waals surface area contributed by atoms with Crippen LogP contribution in [0.4, 0.5) is 17.6 Å². The zero-order chi connectivity index (χ0) is 14.0. The highest BCUT2D eigenvalue weighted by Crippen LogP contribution is 2.34. The summed E-state index contributed by atoms with van der Waals surface area (Å²) in [6.45, 7) is -0.590. The van der Waals surface area contributed by atoms with Gasteiger partial charge in [-0.1, -0.05) is 24.3 Å². The zero-order valence-corrected chi connectivity index (χ0v) is 9.71. The van der Waals surface area contributed by atoms with Gasteiger partial charge in [-0.15, -0.1) is 0 Å². The second-order valence-electron chi connectivity index (χ2n) is 4.01. The summed E-state index contributed by atoms with van der Waals surface area (Å²) in [5.41, 5.74) is -0.398. The van der Waals surface area contributed by atoms with Crippen LogP contribution >= 0.6 is 0 Å². The molecule has 0 radical (unpaired) electrons. The summed E-state index contributed by atoms with van der Waals surface area (Å²) in [7, 11) is 0. The van der Waals surface area contributed by atoms with Gasteiger partial charge in [0.05, 0.1) is 12.2 Å². The fraction of sp³-hybridized carbons (Fsp3) is 0.143. The maximum Gasteiger partial charge on any atom is 0.416 e. The number of benzene rings is 2. The third-order valence-electron chi connectivity index (χ3n) is 2.77. The molecule has 5 heteroatoms. The fourth-order valence-electron chi connectivity index (χ4n) is 1.84. The molecule has 2 aromatic carbocycles. The minimum atomic E-state index is -4.49. The van der Waals surface area contributed by atoms with Crippen LogP contribution in [-0.2, 0) is 12.8 Å². The van der Waals surface area contributed by atoms with Crippen LogP contribution in [-0.4, -0.2) is 5.11 Å². The van der Waals surface area contributed by atoms with E-state index in [0.29, 0.717) is 0 Å². The van der Waals surface area contributed by atoms with Gasteiger partial charge < -0.3 is 5.11 Å². The van der Waals surface area contributed by atoms with E-state index < -0.39 is 24.2 Å². The van der Waals surface area contributed by atoms with Crippen molar-refractivity contribution < 1.29 is 22.7 Å². The quantitative estimate of drug-likeness (QED) is 0.818. The van der Waals surface area contributed by atoms with Crippen LogP contribution in [0.2, 0.25) is 0 Å². The van der Waals surface area contributed by atoms with Gasteiger partial charge in [0.1, 0.15) is 5.82 Å². The number of hydrogen-bond donors (Lipinski definition) is 1. The van der Waals surface area contributed by atoms with Gasteiger partial charge in [-0.05, 0) is 29.3 Å². The van der Waals surface area contributed by atoms with Crippen molar-refractivity contribution in [1.82, 2.24) is 0 Å². The molecule has 2 aromatic rings. The average molecular weight is 270 g/mol. The number of halogens is 4. The third-order valence-corrected chi connectivity index (χ3v) is 2.77. The van der Waals surface area contributed by atoms with Crippen molar-refractivity contribution in [3.63, 3.8) is 0 Å². The van der Waals surface area contributed by atoms with Gasteiger partial charge >= 0.3 is 6.18 Å². The lowest BCUT2D eigenvalue weighted by atomic mass is 9.97. The highest BCUT2D eigenvalue weighted by atomic mass is 19.4. The second-order valence-corrected chi connectivity index (χ2v) is 4.01. The van der Waals surface area contributed by atoms with Gasteiger partial charge in [-0.3, -0.25) is 0 Å². The summed E-state index contributed by atoms with van der Waals surface area (Å²) in [5, 5.41) is 9.17. The molecule has 2 rings (SSSR count). The minimum absolute atomic E-state index is 0.0416. The second kappa shape index (κ2) is 5.01. The zero-order valence-electron chi connectivity index (χ0n) is 9.71. The van der Waals surface area contributed by atoms with E-state index in [0.717, 1.165) is 12.1 Å². The van der Waals surface area contributed by atoms with Crippen molar-refractivity contribution in [3.05, 3.63) is 59.4 Å². The number of aliphatic hydroxyl groups is 1. The Morgan fingerprint density at radius 1 is 0.947 bits per heavy atom. The van der Waals surface area contributed by atoms with Crippen molar-refractivity contribution in [1.29, 1.82) is 0 Å². The van der Waals surface area contributed by atoms with Gasteiger partial charge in [0.15, 0.2) is 0 Å². The standard InChI is InChI=1S/C14H10F4O/c15-13-4-2-1-3-12(13)11-6-5-10(14(16,17)18)7-9(11)8-19/h1-7,19H,8H2. The molecular weight excluding hydrogens is 260 g/mol. The average Bonchev–Trinajstić information content (AvgIpc) is 2.37. The Morgan fingerprint density at radius 3 is 2.21 bits per heavy atom. The number of hydrogen-bond acceptors (Lipinski definition) is 1. The highest BCUT2D eigenvalue weighted by molar-refractivity contribution is 5.68. The lowest BCUT2D eigenvalue weighted by molar-refractivity contribution is -0.137. The van der Waals surface area contributed by atoms with E-state index in [1.165, 1.54) is 24.3 Å². The summed E-state index contributed by atoms with van der Waals surface area (Å²) in [6, 6.07) is 8.62. The Labute approximate surface area is 107 Å². The van der Waals surface area contributed by atoms with E-state index in [9.17, 15) is 22.7 Å². The molecule has 0 atom stereocenters. The summed E-state index contributed by atoms with van der Waals surface area (Å²) in [6.07, 6.45) is -4.49. The van der Waals surface area contributed by atoms with Crippen LogP contribution in [0.1, 0.15) is 11.1 Å². The van der Waals surface area contributed by atoms with Crippen molar-refractivity contribution in [2.45, 2.75) is 12.8 Å². The van der Waals surface area contributed by atoms with Crippen LogP contribution in [0.3, 0.4) is 0 Å². The molecule has 0 saturated carbocycles. The third kappa shape index (κ3) is 2.76. The first kappa shape index (κ1) is 13.5. The Kier molecular flexibility index (Phi) is 3.57. The molecule has 0 bridgehead atoms. The van der Waals surface area contributed by atoms with E-state index in [1.807, 2.05) is 0 Å². The molecule has 0 aliphatic carbocycles. The summed E-state index contributed by atoms with van der Waals surface area (Å²) >= 11 is 0. The van der Waals surface area contributed by atoms with Gasteiger partial charge in [0, 0.05) is 5.56 Å². The first-order chi connectivity index (χ1) is 8.93. The van der Waals surface area contributed by atoms with Gasteiger partial charge in [-0.25, -0.2) is 4.39 Å². The fourth-order valence-corrected chi connectivity index (χ4v) is 1.84. The largest absolute Gasteiger partial charge is 0.416 e. The van der Waals surface area contributed by atoms with Gasteiger partial charge in [0.2, 0.25) is 0 Å². The smallest absolute Gasteiger partial charge is 0.392 e. The van der Waals surface area contributed by atoms with E-state index in [4.69, 9.17) is 0 Å². The highest BCUT2D eigenvalue weighted by Gasteiger charge is 2.31. The van der Waals surface area contributed by atoms with Crippen LogP contribution in [0.5, 0.6) is 0 Å². The minimum Gasteiger partial charge on any atom is -0.392 e. The van der Waals surface area contributed by atoms with E-state index in [-0.39, 0.29) is 16.7 Å². The molecule has 0 aliphatic heterocycles. The van der Waals surface area contributed by atoms with Gasteiger partial charge in [0.25, 0.3) is 0 Å². The summed E-state index contributed by atoms with van der Waals surface area (Å²) in [5.74, 6) is -0.544. The first-order valence-corrected chi connectivity index (χ1v) is 5.49. The van der Waals surface area contributed by atoms with E-state index in [2.05, 4.69) is 0 Å². The molecule has 100 valence electrons. The van der Waals surface area contributed by atoms with Gasteiger partial charge in [-0.2, -0.15) is 13.2 Å². The van der Waals surface area contributed by atoms with Crippen LogP contribution in [0, 0.1) is 5.82 Å². The van der Waals surface area contributed by atoms with E-state index >= 15 is 0 Å². The predicted octanol–water partition coefficient (Wildman–Crippen LogP) is 4.00. The van der Waals surface area contributed by atoms with Crippen molar-refractivity contribution in [2.24, 2.45) is 0 Å². The Morgan fingerprint density at radius 2 is 1.63 bits per heavy atom. The number of rotatable bonds is 2. The molecule has 1 N–H and O–H groups in total. The molecular formula is C14H10F4O. The summed E-state index contributed by atoms with van der Waals surface area (Å²) in [4.78, 5) is 0. The number of alkyl halides is 3. The molecule has 0 amide bonds. The van der Waals surface area contributed by atoms with Crippen molar-refractivity contribution >= 4 is 0 Å². The SMILES string of the molecule is OCc1cc(C(F)(F)F)ccc1-c1ccccc1F. The van der Waals surface area contributed by atoms with Crippen molar-refractivity contribution in [3.8, 4) is 11.1 Å². The molecule has 0 fully saturated rings. The van der Waals surface area contributed by atoms with Crippen LogP contribution in [0.25, 0.3) is 11.1 Å². The Hall–Kier alpha value is -1.88. The number of aliphatic hydroxyl groups excluding tert-OH is 1. The molecule has 0 spiro atoms.